The molecule has 3 nitrogen and oxygen atoms in total. The molecular weight excluding hydrogens is 285 g/mol. The molecule has 0 N–H and O–H groups in total. The van der Waals surface area contributed by atoms with Gasteiger partial charge < -0.3 is 9.90 Å². The maximum absolute atomic E-state index is 12.6. The van der Waals surface area contributed by atoms with Gasteiger partial charge in [0.1, 0.15) is 0 Å². The van der Waals surface area contributed by atoms with Crippen LogP contribution >= 0.6 is 11.6 Å². The molecule has 7 heteroatoms. The van der Waals surface area contributed by atoms with Crippen LogP contribution in [0.15, 0.2) is 23.8 Å². The molecule has 102 valence electrons. The van der Waals surface area contributed by atoms with E-state index in [1.165, 1.54) is 6.07 Å². The Morgan fingerprint density at radius 3 is 2.32 bits per heavy atom. The first-order valence-electron chi connectivity index (χ1n) is 4.94. The first-order valence-corrected chi connectivity index (χ1v) is 5.32. The lowest BCUT2D eigenvalue weighted by Crippen LogP contribution is -2.27. The van der Waals surface area contributed by atoms with Crippen LogP contribution in [0.4, 0.5) is 13.2 Å². The van der Waals surface area contributed by atoms with Crippen molar-refractivity contribution in [3.05, 3.63) is 39.9 Å². The molecule has 0 atom stereocenters. The van der Waals surface area contributed by atoms with Gasteiger partial charge in [0.05, 0.1) is 16.6 Å². The van der Waals surface area contributed by atoms with Crippen molar-refractivity contribution in [3.63, 3.8) is 0 Å². The fourth-order valence-electron chi connectivity index (χ4n) is 1.34. The molecule has 1 rings (SSSR count). The summed E-state index contributed by atoms with van der Waals surface area (Å²) in [5.74, 6) is -2.62. The average Bonchev–Trinajstić information content (AvgIpc) is 2.24. The number of hydrogen-bond acceptors (Lipinski definition) is 3. The molecular formula is C12H7ClF3O3-. The first-order chi connectivity index (χ1) is 8.64. The van der Waals surface area contributed by atoms with Crippen molar-refractivity contribution in [1.29, 1.82) is 0 Å². The summed E-state index contributed by atoms with van der Waals surface area (Å²) in [5.41, 5.74) is -2.07. The zero-order valence-corrected chi connectivity index (χ0v) is 10.3. The molecule has 0 spiro atoms. The third-order valence-electron chi connectivity index (χ3n) is 2.23. The highest BCUT2D eigenvalue weighted by molar-refractivity contribution is 6.33. The molecule has 0 bridgehead atoms. The Kier molecular flexibility index (Phi) is 4.36. The summed E-state index contributed by atoms with van der Waals surface area (Å²) in [4.78, 5) is 21.7. The molecule has 0 saturated carbocycles. The van der Waals surface area contributed by atoms with Crippen molar-refractivity contribution in [1.82, 2.24) is 0 Å². The van der Waals surface area contributed by atoms with Crippen LogP contribution in [-0.2, 0) is 15.8 Å². The van der Waals surface area contributed by atoms with Crippen LogP contribution < -0.4 is 5.11 Å². The van der Waals surface area contributed by atoms with Gasteiger partial charge in [-0.15, -0.1) is 0 Å². The second kappa shape index (κ2) is 5.44. The molecule has 0 aliphatic carbocycles. The molecule has 19 heavy (non-hydrogen) atoms. The molecule has 0 fully saturated rings. The van der Waals surface area contributed by atoms with Gasteiger partial charge in [-0.3, -0.25) is 4.79 Å². The van der Waals surface area contributed by atoms with Crippen LogP contribution in [0.25, 0.3) is 6.08 Å². The highest BCUT2D eigenvalue weighted by Gasteiger charge is 2.33. The molecule has 0 aliphatic heterocycles. The topological polar surface area (TPSA) is 57.2 Å². The van der Waals surface area contributed by atoms with Gasteiger partial charge in [-0.05, 0) is 24.6 Å². The zero-order valence-electron chi connectivity index (χ0n) is 9.55. The third kappa shape index (κ3) is 3.57. The van der Waals surface area contributed by atoms with E-state index in [1.54, 1.807) is 0 Å². The minimum Gasteiger partial charge on any atom is -0.545 e. The predicted molar refractivity (Wildman–Crippen MR) is 60.1 cm³/mol. The number of carbonyl (C=O) groups excluding carboxylic acids is 2. The number of ketones is 1. The number of carboxylic acids is 1. The normalized spacial score (nSPS) is 12.4. The number of Topliss-reactive ketones (excluding diaryl/α,β-unsaturated/α-hetero) is 1. The van der Waals surface area contributed by atoms with E-state index in [0.29, 0.717) is 0 Å². The number of alkyl halides is 3. The standard InChI is InChI=1S/C12H8ClF3O3/c1-6(17)8(11(18)19)5-7-3-2-4-9(10(7)13)12(14,15)16/h2-5H,1H3,(H,18,19)/p-1. The van der Waals surface area contributed by atoms with Crippen LogP contribution in [-0.4, -0.2) is 11.8 Å². The quantitative estimate of drug-likeness (QED) is 0.487. The largest absolute Gasteiger partial charge is 0.545 e. The van der Waals surface area contributed by atoms with Gasteiger partial charge in [0.25, 0.3) is 0 Å². The fourth-order valence-corrected chi connectivity index (χ4v) is 1.63. The van der Waals surface area contributed by atoms with Crippen LogP contribution in [0.3, 0.4) is 0 Å². The molecule has 0 unspecified atom stereocenters. The highest BCUT2D eigenvalue weighted by Crippen LogP contribution is 2.36. The summed E-state index contributed by atoms with van der Waals surface area (Å²) in [6.45, 7) is 0.961. The lowest BCUT2D eigenvalue weighted by molar-refractivity contribution is -0.298. The molecule has 0 aliphatic rings. The summed E-state index contributed by atoms with van der Waals surface area (Å²) in [6.07, 6.45) is -3.91. The molecule has 0 amide bonds. The number of halogens is 4. The Morgan fingerprint density at radius 2 is 1.89 bits per heavy atom. The molecule has 0 heterocycles. The van der Waals surface area contributed by atoms with Crippen molar-refractivity contribution in [2.75, 3.05) is 0 Å². The minimum absolute atomic E-state index is 0.217. The number of carbonyl (C=O) groups is 2. The van der Waals surface area contributed by atoms with E-state index >= 15 is 0 Å². The van der Waals surface area contributed by atoms with E-state index in [9.17, 15) is 27.9 Å². The Hall–Kier alpha value is -1.82. The zero-order chi connectivity index (χ0) is 14.8. The van der Waals surface area contributed by atoms with Gasteiger partial charge in [-0.2, -0.15) is 13.2 Å². The Balaban J connectivity index is 3.42. The number of hydrogen-bond donors (Lipinski definition) is 0. The van der Waals surface area contributed by atoms with Gasteiger partial charge >= 0.3 is 6.18 Å². The Bertz CT molecular complexity index is 546. The van der Waals surface area contributed by atoms with Crippen molar-refractivity contribution in [2.45, 2.75) is 13.1 Å². The lowest BCUT2D eigenvalue weighted by atomic mass is 10.1. The second-order valence-corrected chi connectivity index (χ2v) is 3.99. The number of aliphatic carboxylic acids is 1. The van der Waals surface area contributed by atoms with Crippen molar-refractivity contribution in [3.8, 4) is 0 Å². The average molecular weight is 292 g/mol. The van der Waals surface area contributed by atoms with E-state index in [4.69, 9.17) is 11.6 Å². The van der Waals surface area contributed by atoms with Gasteiger partial charge in [0.15, 0.2) is 5.78 Å². The van der Waals surface area contributed by atoms with E-state index < -0.39 is 34.1 Å². The lowest BCUT2D eigenvalue weighted by Gasteiger charge is -2.11. The first kappa shape index (κ1) is 15.2. The van der Waals surface area contributed by atoms with E-state index in [0.717, 1.165) is 25.1 Å². The highest BCUT2D eigenvalue weighted by atomic mass is 35.5. The number of carboxylic acid groups (broad SMARTS) is 1. The van der Waals surface area contributed by atoms with E-state index in [-0.39, 0.29) is 5.56 Å². The molecule has 1 aromatic rings. The summed E-state index contributed by atoms with van der Waals surface area (Å²) in [7, 11) is 0. The van der Waals surface area contributed by atoms with Crippen LogP contribution in [0, 0.1) is 0 Å². The fraction of sp³-hybridized carbons (Fsp3) is 0.167. The van der Waals surface area contributed by atoms with Gasteiger partial charge in [-0.25, -0.2) is 0 Å². The van der Waals surface area contributed by atoms with Crippen LogP contribution in [0.5, 0.6) is 0 Å². The number of benzene rings is 1. The summed E-state index contributed by atoms with van der Waals surface area (Å²) < 4.78 is 37.7. The van der Waals surface area contributed by atoms with E-state index in [1.807, 2.05) is 0 Å². The van der Waals surface area contributed by atoms with Crippen molar-refractivity contribution >= 4 is 29.4 Å². The molecule has 0 radical (unpaired) electrons. The second-order valence-electron chi connectivity index (χ2n) is 3.61. The van der Waals surface area contributed by atoms with Gasteiger partial charge in [0.2, 0.25) is 0 Å². The van der Waals surface area contributed by atoms with Crippen molar-refractivity contribution in [2.24, 2.45) is 0 Å². The molecule has 0 aromatic heterocycles. The summed E-state index contributed by atoms with van der Waals surface area (Å²) >= 11 is 5.56. The van der Waals surface area contributed by atoms with Gasteiger partial charge in [0, 0.05) is 5.57 Å². The maximum Gasteiger partial charge on any atom is 0.417 e. The maximum atomic E-state index is 12.6. The molecule has 1 aromatic carbocycles. The van der Waals surface area contributed by atoms with Crippen LogP contribution in [0.1, 0.15) is 18.1 Å². The SMILES string of the molecule is CC(=O)C(=Cc1cccc(C(F)(F)F)c1Cl)C(=O)[O-]. The molecule has 0 saturated heterocycles. The Morgan fingerprint density at radius 1 is 1.32 bits per heavy atom. The third-order valence-corrected chi connectivity index (χ3v) is 2.65. The smallest absolute Gasteiger partial charge is 0.417 e. The summed E-state index contributed by atoms with van der Waals surface area (Å²) in [5, 5.41) is 10.0. The predicted octanol–water partition coefficient (Wildman–Crippen LogP) is 2.08. The minimum atomic E-state index is -4.67. The monoisotopic (exact) mass is 291 g/mol. The van der Waals surface area contributed by atoms with Crippen molar-refractivity contribution < 1.29 is 27.9 Å². The number of rotatable bonds is 3. The van der Waals surface area contributed by atoms with E-state index in [2.05, 4.69) is 0 Å². The summed E-state index contributed by atoms with van der Waals surface area (Å²) in [6, 6.07) is 2.99. The van der Waals surface area contributed by atoms with Gasteiger partial charge in [-0.1, -0.05) is 23.7 Å². The Labute approximate surface area is 111 Å². The van der Waals surface area contributed by atoms with Crippen LogP contribution in [0.2, 0.25) is 5.02 Å².